The zero-order valence-electron chi connectivity index (χ0n) is 7.48. The highest BCUT2D eigenvalue weighted by molar-refractivity contribution is 5.79. The number of carbonyl (C=O) groups excluding carboxylic acids is 1. The van der Waals surface area contributed by atoms with Gasteiger partial charge in [0.1, 0.15) is 0 Å². The Morgan fingerprint density at radius 3 is 2.58 bits per heavy atom. The first-order valence-electron chi connectivity index (χ1n) is 3.91. The van der Waals surface area contributed by atoms with Crippen LogP contribution in [0.25, 0.3) is 0 Å². The van der Waals surface area contributed by atoms with Crippen LogP contribution in [0, 0.1) is 5.41 Å². The summed E-state index contributed by atoms with van der Waals surface area (Å²) in [6.45, 7) is 1.93. The van der Waals surface area contributed by atoms with Gasteiger partial charge in [0.05, 0.1) is 5.84 Å². The quantitative estimate of drug-likeness (QED) is 0.355. The zero-order chi connectivity index (χ0) is 9.56. The fraction of sp³-hybridized carbons (Fsp3) is 0.714. The van der Waals surface area contributed by atoms with E-state index in [1.165, 1.54) is 0 Å². The molecule has 5 N–H and O–H groups in total. The minimum Gasteiger partial charge on any atom is -0.388 e. The molecular weight excluding hydrogens is 156 g/mol. The molecule has 0 spiro atoms. The molecule has 0 fully saturated rings. The molecule has 0 heterocycles. The second-order valence-electron chi connectivity index (χ2n) is 2.56. The van der Waals surface area contributed by atoms with Crippen LogP contribution in [0.3, 0.4) is 0 Å². The average Bonchev–Trinajstić information content (AvgIpc) is 2.02. The van der Waals surface area contributed by atoms with Crippen molar-refractivity contribution in [2.75, 3.05) is 7.05 Å². The van der Waals surface area contributed by atoms with Crippen molar-refractivity contribution in [1.29, 1.82) is 5.41 Å². The Balaban J connectivity index is 3.82. The van der Waals surface area contributed by atoms with Gasteiger partial charge in [-0.1, -0.05) is 6.92 Å². The van der Waals surface area contributed by atoms with Gasteiger partial charge in [-0.2, -0.15) is 0 Å². The van der Waals surface area contributed by atoms with Gasteiger partial charge in [-0.05, 0) is 6.42 Å². The number of nitrogens with one attached hydrogen (secondary N) is 3. The summed E-state index contributed by atoms with van der Waals surface area (Å²) in [5, 5.41) is 12.2. The van der Waals surface area contributed by atoms with Crippen molar-refractivity contribution in [2.24, 2.45) is 5.73 Å². The van der Waals surface area contributed by atoms with Crippen molar-refractivity contribution in [3.8, 4) is 0 Å². The minimum absolute atomic E-state index is 0.0394. The highest BCUT2D eigenvalue weighted by atomic mass is 16.2. The molecule has 0 aromatic carbocycles. The maximum Gasteiger partial charge on any atom is 0.314 e. The van der Waals surface area contributed by atoms with Gasteiger partial charge in [-0.25, -0.2) is 4.79 Å². The molecule has 0 bridgehead atoms. The second-order valence-corrected chi connectivity index (χ2v) is 2.56. The summed E-state index contributed by atoms with van der Waals surface area (Å²) in [6.07, 6.45) is 1.18. The van der Waals surface area contributed by atoms with Crippen molar-refractivity contribution in [1.82, 2.24) is 10.6 Å². The van der Waals surface area contributed by atoms with E-state index >= 15 is 0 Å². The summed E-state index contributed by atoms with van der Waals surface area (Å²) in [7, 11) is 1.55. The molecule has 0 aliphatic rings. The first-order chi connectivity index (χ1) is 5.60. The van der Waals surface area contributed by atoms with Crippen LogP contribution in [0.1, 0.15) is 19.8 Å². The molecule has 2 amide bonds. The first kappa shape index (κ1) is 10.7. The summed E-state index contributed by atoms with van der Waals surface area (Å²) in [6, 6.07) is -0.273. The van der Waals surface area contributed by atoms with Crippen LogP contribution in [0.2, 0.25) is 0 Å². The van der Waals surface area contributed by atoms with Crippen LogP contribution in [-0.2, 0) is 0 Å². The van der Waals surface area contributed by atoms with E-state index in [9.17, 15) is 4.79 Å². The van der Waals surface area contributed by atoms with Crippen molar-refractivity contribution < 1.29 is 4.79 Å². The Morgan fingerprint density at radius 2 is 2.25 bits per heavy atom. The van der Waals surface area contributed by atoms with Gasteiger partial charge >= 0.3 is 6.03 Å². The Kier molecular flexibility index (Phi) is 4.83. The molecule has 0 aromatic rings. The van der Waals surface area contributed by atoms with Gasteiger partial charge in [0.15, 0.2) is 0 Å². The van der Waals surface area contributed by atoms with Crippen molar-refractivity contribution in [2.45, 2.75) is 25.8 Å². The standard InChI is InChI=1S/C7H16N4O/c1-3-5(4-6(8)9)11-7(12)10-2/h5H,3-4H2,1-2H3,(H3,8,9)(H2,10,11,12). The van der Waals surface area contributed by atoms with Crippen LogP contribution >= 0.6 is 0 Å². The zero-order valence-corrected chi connectivity index (χ0v) is 7.48. The van der Waals surface area contributed by atoms with Crippen LogP contribution in [-0.4, -0.2) is 25.0 Å². The monoisotopic (exact) mass is 172 g/mol. The highest BCUT2D eigenvalue weighted by Gasteiger charge is 2.09. The third-order valence-electron chi connectivity index (χ3n) is 1.52. The maximum atomic E-state index is 10.8. The van der Waals surface area contributed by atoms with Crippen molar-refractivity contribution in [3.63, 3.8) is 0 Å². The Labute approximate surface area is 72.2 Å². The Hall–Kier alpha value is -1.26. The van der Waals surface area contributed by atoms with E-state index < -0.39 is 0 Å². The lowest BCUT2D eigenvalue weighted by molar-refractivity contribution is 0.239. The number of amidine groups is 1. The molecule has 1 atom stereocenters. The van der Waals surface area contributed by atoms with Crippen LogP contribution in [0.15, 0.2) is 0 Å². The highest BCUT2D eigenvalue weighted by Crippen LogP contribution is 1.95. The number of nitrogens with two attached hydrogens (primary N) is 1. The first-order valence-corrected chi connectivity index (χ1v) is 3.91. The number of carbonyl (C=O) groups is 1. The molecule has 70 valence electrons. The van der Waals surface area contributed by atoms with E-state index in [0.717, 1.165) is 6.42 Å². The summed E-state index contributed by atoms with van der Waals surface area (Å²) in [5.74, 6) is 0.0956. The predicted octanol–water partition coefficient (Wildman–Crippen LogP) is 0.0201. The van der Waals surface area contributed by atoms with E-state index in [4.69, 9.17) is 11.1 Å². The van der Waals surface area contributed by atoms with Gasteiger partial charge in [0.25, 0.3) is 0 Å². The molecule has 0 saturated carbocycles. The Morgan fingerprint density at radius 1 is 1.67 bits per heavy atom. The molecule has 0 radical (unpaired) electrons. The van der Waals surface area contributed by atoms with Gasteiger partial charge in [0.2, 0.25) is 0 Å². The van der Waals surface area contributed by atoms with E-state index in [0.29, 0.717) is 6.42 Å². The van der Waals surface area contributed by atoms with Gasteiger partial charge < -0.3 is 16.4 Å². The lowest BCUT2D eigenvalue weighted by Crippen LogP contribution is -2.41. The number of amides is 2. The molecule has 5 heteroatoms. The summed E-state index contributed by atoms with van der Waals surface area (Å²) in [4.78, 5) is 10.8. The minimum atomic E-state index is -0.233. The van der Waals surface area contributed by atoms with Crippen LogP contribution in [0.5, 0.6) is 0 Å². The van der Waals surface area contributed by atoms with Gasteiger partial charge in [-0.3, -0.25) is 5.41 Å². The molecule has 0 aliphatic heterocycles. The van der Waals surface area contributed by atoms with Crippen LogP contribution in [0.4, 0.5) is 4.79 Å². The number of rotatable bonds is 4. The number of hydrogen-bond donors (Lipinski definition) is 4. The molecule has 0 rings (SSSR count). The fourth-order valence-corrected chi connectivity index (χ4v) is 0.820. The second kappa shape index (κ2) is 5.40. The molecule has 0 aliphatic carbocycles. The smallest absolute Gasteiger partial charge is 0.314 e. The summed E-state index contributed by atoms with van der Waals surface area (Å²) >= 11 is 0. The third-order valence-corrected chi connectivity index (χ3v) is 1.52. The summed E-state index contributed by atoms with van der Waals surface area (Å²) < 4.78 is 0. The SMILES string of the molecule is CCC(CC(=N)N)NC(=O)NC. The number of hydrogen-bond acceptors (Lipinski definition) is 2. The molecule has 5 nitrogen and oxygen atoms in total. The van der Waals surface area contributed by atoms with Crippen molar-refractivity contribution in [3.05, 3.63) is 0 Å². The third kappa shape index (κ3) is 4.54. The van der Waals surface area contributed by atoms with Gasteiger partial charge in [-0.15, -0.1) is 0 Å². The van der Waals surface area contributed by atoms with Crippen molar-refractivity contribution >= 4 is 11.9 Å². The van der Waals surface area contributed by atoms with E-state index in [1.54, 1.807) is 7.05 Å². The lowest BCUT2D eigenvalue weighted by Gasteiger charge is -2.15. The van der Waals surface area contributed by atoms with E-state index in [2.05, 4.69) is 10.6 Å². The topological polar surface area (TPSA) is 91.0 Å². The Bertz CT molecular complexity index is 169. The molecule has 1 unspecified atom stereocenters. The maximum absolute atomic E-state index is 10.8. The van der Waals surface area contributed by atoms with Gasteiger partial charge in [0, 0.05) is 19.5 Å². The van der Waals surface area contributed by atoms with Crippen LogP contribution < -0.4 is 16.4 Å². The lowest BCUT2D eigenvalue weighted by atomic mass is 10.1. The molecule has 0 aromatic heterocycles. The normalized spacial score (nSPS) is 11.8. The predicted molar refractivity (Wildman–Crippen MR) is 48.2 cm³/mol. The number of urea groups is 1. The molecular formula is C7H16N4O. The largest absolute Gasteiger partial charge is 0.388 e. The van der Waals surface area contributed by atoms with E-state index in [-0.39, 0.29) is 17.9 Å². The molecule has 12 heavy (non-hydrogen) atoms. The summed E-state index contributed by atoms with van der Waals surface area (Å²) in [5.41, 5.74) is 5.20. The average molecular weight is 172 g/mol. The fourth-order valence-electron chi connectivity index (χ4n) is 0.820. The van der Waals surface area contributed by atoms with E-state index in [1.807, 2.05) is 6.92 Å². The molecule has 0 saturated heterocycles.